The van der Waals surface area contributed by atoms with Crippen molar-refractivity contribution in [2.75, 3.05) is 30.4 Å². The number of halogens is 1. The van der Waals surface area contributed by atoms with Crippen LogP contribution >= 0.6 is 0 Å². The number of amides is 1. The van der Waals surface area contributed by atoms with Crippen LogP contribution in [0.4, 0.5) is 15.8 Å². The summed E-state index contributed by atoms with van der Waals surface area (Å²) in [5.41, 5.74) is 2.73. The third-order valence-corrected chi connectivity index (χ3v) is 4.55. The SMILES string of the molecule is Cc1cccc(C)c1OCC(=O)Nc1ccc(NCC2CCCO2)c(F)c1. The highest BCUT2D eigenvalue weighted by Gasteiger charge is 2.16. The Kier molecular flexibility index (Phi) is 6.29. The highest BCUT2D eigenvalue weighted by Crippen LogP contribution is 2.23. The summed E-state index contributed by atoms with van der Waals surface area (Å²) in [7, 11) is 0. The quantitative estimate of drug-likeness (QED) is 0.770. The van der Waals surface area contributed by atoms with E-state index < -0.39 is 5.82 Å². The lowest BCUT2D eigenvalue weighted by Crippen LogP contribution is -2.21. The summed E-state index contributed by atoms with van der Waals surface area (Å²) in [5.74, 6) is -0.0499. The maximum atomic E-state index is 14.2. The fourth-order valence-corrected chi connectivity index (χ4v) is 3.13. The lowest BCUT2D eigenvalue weighted by molar-refractivity contribution is -0.118. The van der Waals surface area contributed by atoms with E-state index in [0.29, 0.717) is 23.7 Å². The second-order valence-corrected chi connectivity index (χ2v) is 6.77. The fourth-order valence-electron chi connectivity index (χ4n) is 3.13. The Hall–Kier alpha value is -2.60. The minimum Gasteiger partial charge on any atom is -0.483 e. The van der Waals surface area contributed by atoms with Crippen LogP contribution in [0.3, 0.4) is 0 Å². The van der Waals surface area contributed by atoms with Crippen molar-refractivity contribution in [3.63, 3.8) is 0 Å². The largest absolute Gasteiger partial charge is 0.483 e. The molecule has 6 heteroatoms. The third kappa shape index (κ3) is 5.20. The third-order valence-electron chi connectivity index (χ3n) is 4.55. The number of carbonyl (C=O) groups is 1. The molecule has 1 aliphatic heterocycles. The fraction of sp³-hybridized carbons (Fsp3) is 0.381. The molecule has 27 heavy (non-hydrogen) atoms. The molecule has 2 aromatic carbocycles. The van der Waals surface area contributed by atoms with Crippen LogP contribution in [0.5, 0.6) is 5.75 Å². The van der Waals surface area contributed by atoms with Crippen molar-refractivity contribution in [3.05, 3.63) is 53.3 Å². The Morgan fingerprint density at radius 1 is 1.26 bits per heavy atom. The minimum atomic E-state index is -0.415. The normalized spacial score (nSPS) is 16.2. The van der Waals surface area contributed by atoms with E-state index in [1.165, 1.54) is 6.07 Å². The van der Waals surface area contributed by atoms with E-state index in [4.69, 9.17) is 9.47 Å². The molecule has 3 rings (SSSR count). The zero-order chi connectivity index (χ0) is 19.2. The van der Waals surface area contributed by atoms with E-state index in [-0.39, 0.29) is 18.6 Å². The topological polar surface area (TPSA) is 59.6 Å². The van der Waals surface area contributed by atoms with E-state index in [9.17, 15) is 9.18 Å². The first-order chi connectivity index (χ1) is 13.0. The molecule has 144 valence electrons. The van der Waals surface area contributed by atoms with Crippen LogP contribution in [0.2, 0.25) is 0 Å². The first kappa shape index (κ1) is 19.2. The number of carbonyl (C=O) groups excluding carboxylic acids is 1. The number of ether oxygens (including phenoxy) is 2. The number of rotatable bonds is 7. The Morgan fingerprint density at radius 3 is 2.70 bits per heavy atom. The second kappa shape index (κ2) is 8.86. The van der Waals surface area contributed by atoms with Crippen molar-refractivity contribution < 1.29 is 18.7 Å². The molecule has 1 unspecified atom stereocenters. The first-order valence-corrected chi connectivity index (χ1v) is 9.17. The molecule has 0 aromatic heterocycles. The number of aryl methyl sites for hydroxylation is 2. The van der Waals surface area contributed by atoms with Crippen LogP contribution in [-0.4, -0.2) is 31.8 Å². The summed E-state index contributed by atoms with van der Waals surface area (Å²) in [6.45, 7) is 5.07. The number of nitrogens with one attached hydrogen (secondary N) is 2. The van der Waals surface area contributed by atoms with Gasteiger partial charge in [-0.2, -0.15) is 0 Å². The number of benzene rings is 2. The molecule has 0 saturated carbocycles. The van der Waals surface area contributed by atoms with Gasteiger partial charge in [-0.25, -0.2) is 4.39 Å². The van der Waals surface area contributed by atoms with Gasteiger partial charge in [0.25, 0.3) is 5.91 Å². The number of para-hydroxylation sites is 1. The van der Waals surface area contributed by atoms with Gasteiger partial charge in [0.1, 0.15) is 11.6 Å². The van der Waals surface area contributed by atoms with Crippen molar-refractivity contribution in [1.29, 1.82) is 0 Å². The Morgan fingerprint density at radius 2 is 2.04 bits per heavy atom. The molecule has 0 spiro atoms. The molecule has 1 amide bonds. The molecule has 0 radical (unpaired) electrons. The van der Waals surface area contributed by atoms with Gasteiger partial charge in [-0.05, 0) is 56.0 Å². The maximum absolute atomic E-state index is 14.2. The lowest BCUT2D eigenvalue weighted by Gasteiger charge is -2.14. The average Bonchev–Trinajstić information content (AvgIpc) is 3.14. The van der Waals surface area contributed by atoms with E-state index >= 15 is 0 Å². The lowest BCUT2D eigenvalue weighted by atomic mass is 10.1. The molecular formula is C21H25FN2O3. The van der Waals surface area contributed by atoms with Crippen LogP contribution in [0, 0.1) is 19.7 Å². The van der Waals surface area contributed by atoms with Gasteiger partial charge in [0.15, 0.2) is 6.61 Å². The number of anilines is 2. The Bertz CT molecular complexity index is 784. The monoisotopic (exact) mass is 372 g/mol. The van der Waals surface area contributed by atoms with Gasteiger partial charge in [0.2, 0.25) is 0 Å². The van der Waals surface area contributed by atoms with Crippen molar-refractivity contribution >= 4 is 17.3 Å². The number of hydrogen-bond acceptors (Lipinski definition) is 4. The van der Waals surface area contributed by atoms with Crippen LogP contribution in [0.1, 0.15) is 24.0 Å². The standard InChI is InChI=1S/C21H25FN2O3/c1-14-5-3-6-15(2)21(14)27-13-20(25)24-16-8-9-19(18(22)11-16)23-12-17-7-4-10-26-17/h3,5-6,8-9,11,17,23H,4,7,10,12-13H2,1-2H3,(H,24,25). The highest BCUT2D eigenvalue weighted by atomic mass is 19.1. The van der Waals surface area contributed by atoms with Crippen molar-refractivity contribution in [1.82, 2.24) is 0 Å². The van der Waals surface area contributed by atoms with E-state index in [1.807, 2.05) is 32.0 Å². The molecule has 1 heterocycles. The van der Waals surface area contributed by atoms with Crippen LogP contribution < -0.4 is 15.4 Å². The molecule has 1 fully saturated rings. The number of hydrogen-bond donors (Lipinski definition) is 2. The van der Waals surface area contributed by atoms with Gasteiger partial charge in [0, 0.05) is 18.8 Å². The molecule has 1 aliphatic rings. The van der Waals surface area contributed by atoms with Crippen LogP contribution in [0.25, 0.3) is 0 Å². The maximum Gasteiger partial charge on any atom is 0.262 e. The molecule has 5 nitrogen and oxygen atoms in total. The summed E-state index contributed by atoms with van der Waals surface area (Å²) in [6, 6.07) is 10.4. The molecular weight excluding hydrogens is 347 g/mol. The van der Waals surface area contributed by atoms with Gasteiger partial charge in [-0.15, -0.1) is 0 Å². The van der Waals surface area contributed by atoms with E-state index in [1.54, 1.807) is 12.1 Å². The summed E-state index contributed by atoms with van der Waals surface area (Å²) in [4.78, 5) is 12.1. The van der Waals surface area contributed by atoms with E-state index in [2.05, 4.69) is 10.6 Å². The van der Waals surface area contributed by atoms with E-state index in [0.717, 1.165) is 30.6 Å². The summed E-state index contributed by atoms with van der Waals surface area (Å²) in [5, 5.41) is 5.72. The van der Waals surface area contributed by atoms with Gasteiger partial charge in [-0.1, -0.05) is 18.2 Å². The Labute approximate surface area is 158 Å². The second-order valence-electron chi connectivity index (χ2n) is 6.77. The minimum absolute atomic E-state index is 0.130. The van der Waals surface area contributed by atoms with Crippen molar-refractivity contribution in [3.8, 4) is 5.75 Å². The molecule has 0 bridgehead atoms. The zero-order valence-electron chi connectivity index (χ0n) is 15.7. The molecule has 2 aromatic rings. The smallest absolute Gasteiger partial charge is 0.262 e. The highest BCUT2D eigenvalue weighted by molar-refractivity contribution is 5.92. The van der Waals surface area contributed by atoms with Gasteiger partial charge < -0.3 is 20.1 Å². The van der Waals surface area contributed by atoms with Gasteiger partial charge >= 0.3 is 0 Å². The predicted molar refractivity (Wildman–Crippen MR) is 104 cm³/mol. The van der Waals surface area contributed by atoms with Crippen LogP contribution in [-0.2, 0) is 9.53 Å². The molecule has 0 aliphatic carbocycles. The van der Waals surface area contributed by atoms with Crippen LogP contribution in [0.15, 0.2) is 36.4 Å². The molecule has 1 atom stereocenters. The average molecular weight is 372 g/mol. The molecule has 1 saturated heterocycles. The summed E-state index contributed by atoms with van der Waals surface area (Å²) < 4.78 is 25.4. The first-order valence-electron chi connectivity index (χ1n) is 9.17. The summed E-state index contributed by atoms with van der Waals surface area (Å²) in [6.07, 6.45) is 2.17. The zero-order valence-corrected chi connectivity index (χ0v) is 15.7. The van der Waals surface area contributed by atoms with Crippen molar-refractivity contribution in [2.45, 2.75) is 32.8 Å². The predicted octanol–water partition coefficient (Wildman–Crippen LogP) is 4.05. The van der Waals surface area contributed by atoms with Gasteiger partial charge in [0.05, 0.1) is 11.8 Å². The Balaban J connectivity index is 1.52. The molecule has 2 N–H and O–H groups in total. The summed E-state index contributed by atoms with van der Waals surface area (Å²) >= 11 is 0. The van der Waals surface area contributed by atoms with Crippen molar-refractivity contribution in [2.24, 2.45) is 0 Å². The van der Waals surface area contributed by atoms with Gasteiger partial charge in [-0.3, -0.25) is 4.79 Å².